The lowest BCUT2D eigenvalue weighted by molar-refractivity contribution is -0.137. The van der Waals surface area contributed by atoms with E-state index in [2.05, 4.69) is 16.6 Å². The van der Waals surface area contributed by atoms with Gasteiger partial charge in [0.05, 0.1) is 23.8 Å². The second-order valence-corrected chi connectivity index (χ2v) is 9.52. The van der Waals surface area contributed by atoms with Crippen molar-refractivity contribution in [1.82, 2.24) is 14.9 Å². The molecule has 4 nitrogen and oxygen atoms in total. The van der Waals surface area contributed by atoms with Crippen LogP contribution < -0.4 is 10.9 Å². The minimum Gasteiger partial charge on any atom is -0.313 e. The Kier molecular flexibility index (Phi) is 6.22. The Balaban J connectivity index is 1.61. The number of thiophene rings is 1. The van der Waals surface area contributed by atoms with Crippen LogP contribution >= 0.6 is 23.1 Å². The van der Waals surface area contributed by atoms with Crippen LogP contribution in [-0.4, -0.2) is 34.1 Å². The van der Waals surface area contributed by atoms with E-state index in [1.54, 1.807) is 17.4 Å². The molecule has 3 aromatic rings. The molecule has 0 saturated carbocycles. The van der Waals surface area contributed by atoms with Crippen molar-refractivity contribution in [2.24, 2.45) is 0 Å². The highest BCUT2D eigenvalue weighted by Crippen LogP contribution is 2.34. The molecule has 4 rings (SSSR count). The maximum atomic E-state index is 13.1. The van der Waals surface area contributed by atoms with Gasteiger partial charge in [0.1, 0.15) is 4.83 Å². The van der Waals surface area contributed by atoms with Gasteiger partial charge in [-0.2, -0.15) is 24.9 Å². The van der Waals surface area contributed by atoms with Crippen LogP contribution in [0.25, 0.3) is 10.2 Å². The van der Waals surface area contributed by atoms with E-state index >= 15 is 0 Å². The number of rotatable bonds is 6. The van der Waals surface area contributed by atoms with Crippen LogP contribution in [0.3, 0.4) is 0 Å². The number of halogens is 3. The van der Waals surface area contributed by atoms with Crippen molar-refractivity contribution in [1.29, 1.82) is 0 Å². The minimum atomic E-state index is -4.41. The molecule has 1 aliphatic carbocycles. The van der Waals surface area contributed by atoms with E-state index in [0.29, 0.717) is 17.0 Å². The molecule has 0 bridgehead atoms. The molecule has 1 atom stereocenters. The van der Waals surface area contributed by atoms with Gasteiger partial charge in [0, 0.05) is 23.2 Å². The number of nitrogens with zero attached hydrogens (tertiary/aromatic N) is 2. The van der Waals surface area contributed by atoms with Crippen molar-refractivity contribution in [3.63, 3.8) is 0 Å². The van der Waals surface area contributed by atoms with E-state index in [1.807, 2.05) is 11.8 Å². The number of hydrogen-bond donors (Lipinski definition) is 1. The topological polar surface area (TPSA) is 46.9 Å². The molecule has 0 spiro atoms. The third-order valence-corrected chi connectivity index (χ3v) is 7.16. The number of nitrogens with one attached hydrogen (secondary N) is 1. The summed E-state index contributed by atoms with van der Waals surface area (Å²) >= 11 is 3.37. The van der Waals surface area contributed by atoms with E-state index in [9.17, 15) is 18.0 Å². The number of thioether (sulfide) groups is 1. The average Bonchev–Trinajstić information content (AvgIpc) is 3.08. The van der Waals surface area contributed by atoms with Gasteiger partial charge in [0.15, 0.2) is 0 Å². The van der Waals surface area contributed by atoms with Crippen LogP contribution in [0.15, 0.2) is 35.4 Å². The SMILES string of the molecule is CSCCNC1CCc2c(sc3ncn(Cc4cccc(C(F)(F)F)c4)c(=O)c23)C1. The molecule has 1 unspecified atom stereocenters. The summed E-state index contributed by atoms with van der Waals surface area (Å²) in [4.78, 5) is 19.5. The number of alkyl halides is 3. The molecule has 160 valence electrons. The fourth-order valence-electron chi connectivity index (χ4n) is 3.90. The first kappa shape index (κ1) is 21.4. The molecule has 0 radical (unpaired) electrons. The molecule has 0 fully saturated rings. The van der Waals surface area contributed by atoms with Gasteiger partial charge in [-0.15, -0.1) is 11.3 Å². The van der Waals surface area contributed by atoms with Crippen molar-refractivity contribution < 1.29 is 13.2 Å². The predicted octanol–water partition coefficient (Wildman–Crippen LogP) is 4.34. The van der Waals surface area contributed by atoms with Gasteiger partial charge in [-0.3, -0.25) is 9.36 Å². The molecule has 1 aromatic carbocycles. The molecule has 2 aromatic heterocycles. The third-order valence-electron chi connectivity index (χ3n) is 5.38. The van der Waals surface area contributed by atoms with E-state index in [4.69, 9.17) is 0 Å². The average molecular weight is 454 g/mol. The van der Waals surface area contributed by atoms with Crippen molar-refractivity contribution in [3.05, 3.63) is 62.5 Å². The van der Waals surface area contributed by atoms with Gasteiger partial charge >= 0.3 is 6.18 Å². The quantitative estimate of drug-likeness (QED) is 0.565. The van der Waals surface area contributed by atoms with Gasteiger partial charge < -0.3 is 5.32 Å². The minimum absolute atomic E-state index is 0.0647. The monoisotopic (exact) mass is 453 g/mol. The lowest BCUT2D eigenvalue weighted by Crippen LogP contribution is -2.35. The van der Waals surface area contributed by atoms with Crippen molar-refractivity contribution in [2.75, 3.05) is 18.6 Å². The Morgan fingerprint density at radius 2 is 2.20 bits per heavy atom. The Bertz CT molecular complexity index is 1110. The van der Waals surface area contributed by atoms with Crippen molar-refractivity contribution in [3.8, 4) is 0 Å². The molecule has 9 heteroatoms. The molecule has 30 heavy (non-hydrogen) atoms. The smallest absolute Gasteiger partial charge is 0.313 e. The van der Waals surface area contributed by atoms with E-state index in [1.165, 1.54) is 21.8 Å². The standard InChI is InChI=1S/C21H22F3N3OS2/c1-29-8-7-25-15-5-6-16-17(10-15)30-19-18(16)20(28)27(12-26-19)11-13-3-2-4-14(9-13)21(22,23)24/h2-4,9,12,15,25H,5-8,10-11H2,1H3. The first-order chi connectivity index (χ1) is 14.4. The van der Waals surface area contributed by atoms with Crippen LogP contribution in [0.4, 0.5) is 13.2 Å². The zero-order valence-corrected chi connectivity index (χ0v) is 18.1. The number of hydrogen-bond acceptors (Lipinski definition) is 5. The molecule has 1 aliphatic rings. The molecule has 0 aliphatic heterocycles. The second kappa shape index (κ2) is 8.72. The molecule has 0 saturated heterocycles. The zero-order chi connectivity index (χ0) is 21.3. The Labute approximate surface area is 180 Å². The maximum Gasteiger partial charge on any atom is 0.416 e. The molecular weight excluding hydrogens is 431 g/mol. The van der Waals surface area contributed by atoms with Crippen LogP contribution in [-0.2, 0) is 25.6 Å². The lowest BCUT2D eigenvalue weighted by atomic mass is 9.93. The number of aromatic nitrogens is 2. The lowest BCUT2D eigenvalue weighted by Gasteiger charge is -2.23. The maximum absolute atomic E-state index is 13.1. The van der Waals surface area contributed by atoms with Gasteiger partial charge in [0.25, 0.3) is 5.56 Å². The summed E-state index contributed by atoms with van der Waals surface area (Å²) < 4.78 is 40.4. The van der Waals surface area contributed by atoms with E-state index < -0.39 is 11.7 Å². The highest BCUT2D eigenvalue weighted by atomic mass is 32.2. The molecular formula is C21H22F3N3OS2. The third kappa shape index (κ3) is 4.43. The summed E-state index contributed by atoms with van der Waals surface area (Å²) in [5.74, 6) is 1.07. The molecule has 1 N–H and O–H groups in total. The van der Waals surface area contributed by atoms with E-state index in [-0.39, 0.29) is 12.1 Å². The van der Waals surface area contributed by atoms with Crippen molar-refractivity contribution >= 4 is 33.3 Å². The highest BCUT2D eigenvalue weighted by molar-refractivity contribution is 7.98. The van der Waals surface area contributed by atoms with Crippen molar-refractivity contribution in [2.45, 2.75) is 38.0 Å². The predicted molar refractivity (Wildman–Crippen MR) is 117 cm³/mol. The summed E-state index contributed by atoms with van der Waals surface area (Å²) in [7, 11) is 0. The number of benzene rings is 1. The fourth-order valence-corrected chi connectivity index (χ4v) is 5.48. The normalized spacial score (nSPS) is 16.7. The summed E-state index contributed by atoms with van der Waals surface area (Å²) in [6, 6.07) is 5.49. The van der Waals surface area contributed by atoms with Gasteiger partial charge in [-0.05, 0) is 48.8 Å². The number of fused-ring (bicyclic) bond motifs is 3. The second-order valence-electron chi connectivity index (χ2n) is 7.45. The first-order valence-electron chi connectivity index (χ1n) is 9.75. The largest absolute Gasteiger partial charge is 0.416 e. The fraction of sp³-hybridized carbons (Fsp3) is 0.429. The first-order valence-corrected chi connectivity index (χ1v) is 12.0. The van der Waals surface area contributed by atoms with Gasteiger partial charge in [-0.1, -0.05) is 12.1 Å². The van der Waals surface area contributed by atoms with Crippen LogP contribution in [0.5, 0.6) is 0 Å². The van der Waals surface area contributed by atoms with Crippen LogP contribution in [0.1, 0.15) is 28.0 Å². The van der Waals surface area contributed by atoms with Crippen LogP contribution in [0, 0.1) is 0 Å². The van der Waals surface area contributed by atoms with E-state index in [0.717, 1.165) is 54.1 Å². The molecule has 2 heterocycles. The highest BCUT2D eigenvalue weighted by Gasteiger charge is 2.30. The molecule has 0 amide bonds. The number of aryl methyl sites for hydroxylation is 1. The summed E-state index contributed by atoms with van der Waals surface area (Å²) in [6.45, 7) is 1.03. The Morgan fingerprint density at radius 1 is 1.37 bits per heavy atom. The summed E-state index contributed by atoms with van der Waals surface area (Å²) in [6.07, 6.45) is 1.80. The summed E-state index contributed by atoms with van der Waals surface area (Å²) in [5, 5.41) is 4.21. The Hall–Kier alpha value is -1.84. The van der Waals surface area contributed by atoms with Gasteiger partial charge in [0.2, 0.25) is 0 Å². The Morgan fingerprint density at radius 3 is 2.97 bits per heavy atom. The van der Waals surface area contributed by atoms with Crippen LogP contribution in [0.2, 0.25) is 0 Å². The summed E-state index contributed by atoms with van der Waals surface area (Å²) in [5.41, 5.74) is 0.600. The zero-order valence-electron chi connectivity index (χ0n) is 16.5. The van der Waals surface area contributed by atoms with Gasteiger partial charge in [-0.25, -0.2) is 4.98 Å².